The lowest BCUT2D eigenvalue weighted by atomic mass is 9.60. The van der Waals surface area contributed by atoms with Crippen molar-refractivity contribution in [2.45, 2.75) is 65.0 Å². The van der Waals surface area contributed by atoms with E-state index in [9.17, 15) is 27.7 Å². The van der Waals surface area contributed by atoms with Crippen LogP contribution in [0.5, 0.6) is 11.5 Å². The van der Waals surface area contributed by atoms with E-state index in [2.05, 4.69) is 9.71 Å². The third-order valence-corrected chi connectivity index (χ3v) is 10.1. The van der Waals surface area contributed by atoms with Crippen LogP contribution in [0.25, 0.3) is 10.9 Å². The molecule has 5 rings (SSSR count). The van der Waals surface area contributed by atoms with Gasteiger partial charge in [0.1, 0.15) is 23.0 Å². The lowest BCUT2D eigenvalue weighted by molar-refractivity contribution is -0.0241. The van der Waals surface area contributed by atoms with Gasteiger partial charge in [-0.25, -0.2) is 14.2 Å². The van der Waals surface area contributed by atoms with E-state index in [1.165, 1.54) is 25.5 Å². The van der Waals surface area contributed by atoms with Gasteiger partial charge >= 0.3 is 16.3 Å². The summed E-state index contributed by atoms with van der Waals surface area (Å²) in [5.41, 5.74) is -0.841. The number of halogens is 1. The summed E-state index contributed by atoms with van der Waals surface area (Å²) in [6.07, 6.45) is 4.45. The lowest BCUT2D eigenvalue weighted by Crippen LogP contribution is -2.51. The number of carbonyl (C=O) groups excluding carboxylic acids is 1. The van der Waals surface area contributed by atoms with Crippen LogP contribution < -0.4 is 15.0 Å². The molecule has 14 heteroatoms. The fraction of sp³-hybridized carbons (Fsp3) is 0.484. The summed E-state index contributed by atoms with van der Waals surface area (Å²) in [6, 6.07) is 8.42. The zero-order chi connectivity index (χ0) is 32.7. The van der Waals surface area contributed by atoms with Crippen LogP contribution in [0.3, 0.4) is 0 Å². The molecular formula is C31H37FN6O6S. The fourth-order valence-electron chi connectivity index (χ4n) is 5.83. The van der Waals surface area contributed by atoms with Crippen LogP contribution in [-0.2, 0) is 14.9 Å². The molecule has 1 saturated carbocycles. The number of nitrogens with zero attached hydrogens (tertiary/aromatic N) is 5. The maximum atomic E-state index is 14.9. The number of aromatic nitrogens is 2. The summed E-state index contributed by atoms with van der Waals surface area (Å²) in [4.78, 5) is 32.3. The molecule has 240 valence electrons. The van der Waals surface area contributed by atoms with Crippen LogP contribution in [0, 0.1) is 22.6 Å². The zero-order valence-corrected chi connectivity index (χ0v) is 26.8. The number of hydrogen-bond donors (Lipinski definition) is 1. The van der Waals surface area contributed by atoms with Gasteiger partial charge in [0.05, 0.1) is 22.9 Å². The second kappa shape index (κ2) is 11.9. The minimum absolute atomic E-state index is 0.0478. The van der Waals surface area contributed by atoms with Crippen molar-refractivity contribution in [1.82, 2.24) is 18.8 Å². The summed E-state index contributed by atoms with van der Waals surface area (Å²) in [7, 11) is -2.62. The number of carbonyl (C=O) groups is 1. The molecule has 45 heavy (non-hydrogen) atoms. The number of fused-ring (bicyclic) bond motifs is 1. The summed E-state index contributed by atoms with van der Waals surface area (Å²) < 4.78 is 56.2. The number of hydrogen-bond acceptors (Lipinski definition) is 8. The number of piperidine rings is 1. The van der Waals surface area contributed by atoms with Crippen LogP contribution >= 0.6 is 0 Å². The first kappa shape index (κ1) is 32.2. The second-order valence-electron chi connectivity index (χ2n) is 12.7. The third-order valence-electron chi connectivity index (χ3n) is 8.50. The smallest absolute Gasteiger partial charge is 0.410 e. The summed E-state index contributed by atoms with van der Waals surface area (Å²) in [5, 5.41) is 10.1. The number of nitrogens with one attached hydrogen (secondary N) is 1. The average Bonchev–Trinajstić information content (AvgIpc) is 2.97. The Labute approximate surface area is 261 Å². The van der Waals surface area contributed by atoms with E-state index in [1.54, 1.807) is 22.5 Å². The number of ether oxygens (including phenoxy) is 2. The molecule has 12 nitrogen and oxygen atoms in total. The van der Waals surface area contributed by atoms with Crippen molar-refractivity contribution in [3.8, 4) is 17.6 Å². The van der Waals surface area contributed by atoms with Crippen LogP contribution in [0.1, 0.15) is 65.0 Å². The van der Waals surface area contributed by atoms with Crippen molar-refractivity contribution in [1.29, 1.82) is 5.26 Å². The van der Waals surface area contributed by atoms with E-state index >= 15 is 0 Å². The van der Waals surface area contributed by atoms with E-state index in [4.69, 9.17) is 9.47 Å². The Bertz CT molecular complexity index is 1830. The summed E-state index contributed by atoms with van der Waals surface area (Å²) in [6.45, 7) is 8.57. The molecule has 1 aliphatic heterocycles. The molecule has 0 bridgehead atoms. The third kappa shape index (κ3) is 6.60. The molecule has 0 radical (unpaired) electrons. The molecular weight excluding hydrogens is 603 g/mol. The van der Waals surface area contributed by atoms with Crippen molar-refractivity contribution in [2.75, 3.05) is 31.4 Å². The highest BCUT2D eigenvalue weighted by molar-refractivity contribution is 7.90. The quantitative estimate of drug-likeness (QED) is 0.373. The van der Waals surface area contributed by atoms with Gasteiger partial charge in [0.2, 0.25) is 0 Å². The number of likely N-dealkylation sites (tertiary alicyclic amines) is 1. The maximum Gasteiger partial charge on any atom is 0.410 e. The van der Waals surface area contributed by atoms with Gasteiger partial charge in [-0.2, -0.15) is 18.0 Å². The predicted octanol–water partition coefficient (Wildman–Crippen LogP) is 5.16. The van der Waals surface area contributed by atoms with Crippen molar-refractivity contribution in [3.05, 3.63) is 58.4 Å². The van der Waals surface area contributed by atoms with E-state index in [1.807, 2.05) is 26.8 Å². The molecule has 2 heterocycles. The predicted molar refractivity (Wildman–Crippen MR) is 166 cm³/mol. The molecule has 2 fully saturated rings. The average molecular weight is 641 g/mol. The Kier molecular flexibility index (Phi) is 8.54. The summed E-state index contributed by atoms with van der Waals surface area (Å²) in [5.74, 6) is -1.27. The first-order chi connectivity index (χ1) is 21.1. The Hall–Kier alpha value is -4.22. The number of amides is 1. The van der Waals surface area contributed by atoms with E-state index < -0.39 is 27.4 Å². The Morgan fingerprint density at radius 2 is 1.91 bits per heavy atom. The van der Waals surface area contributed by atoms with Gasteiger partial charge in [-0.1, -0.05) is 6.92 Å². The van der Waals surface area contributed by atoms with Gasteiger partial charge in [0.15, 0.2) is 11.6 Å². The molecule has 2 aromatic carbocycles. The normalized spacial score (nSPS) is 16.8. The van der Waals surface area contributed by atoms with Crippen LogP contribution in [0.15, 0.2) is 41.5 Å². The fourth-order valence-corrected chi connectivity index (χ4v) is 6.78. The van der Waals surface area contributed by atoms with Gasteiger partial charge in [0, 0.05) is 32.7 Å². The van der Waals surface area contributed by atoms with Crippen molar-refractivity contribution < 1.29 is 27.1 Å². The van der Waals surface area contributed by atoms with Crippen molar-refractivity contribution in [3.63, 3.8) is 0 Å². The first-order valence-corrected chi connectivity index (χ1v) is 16.2. The van der Waals surface area contributed by atoms with Crippen LogP contribution in [0.2, 0.25) is 0 Å². The molecule has 3 aromatic rings. The van der Waals surface area contributed by atoms with Gasteiger partial charge in [-0.15, -0.1) is 0 Å². The number of anilines is 1. The topological polar surface area (TPSA) is 147 Å². The lowest BCUT2D eigenvalue weighted by Gasteiger charge is -2.52. The maximum absolute atomic E-state index is 14.9. The molecule has 1 amide bonds. The van der Waals surface area contributed by atoms with Gasteiger partial charge in [0.25, 0.3) is 5.56 Å². The summed E-state index contributed by atoms with van der Waals surface area (Å²) >= 11 is 0. The molecule has 2 aliphatic rings. The van der Waals surface area contributed by atoms with Gasteiger partial charge in [-0.05, 0) is 82.2 Å². The van der Waals surface area contributed by atoms with E-state index in [-0.39, 0.29) is 52.0 Å². The van der Waals surface area contributed by atoms with Crippen LogP contribution in [0.4, 0.5) is 14.9 Å². The van der Waals surface area contributed by atoms with Crippen molar-refractivity contribution >= 4 is 32.9 Å². The Balaban J connectivity index is 1.33. The van der Waals surface area contributed by atoms with E-state index in [0.29, 0.717) is 18.6 Å². The second-order valence-corrected chi connectivity index (χ2v) is 14.5. The standard InChI is InChI=1S/C31H37FN6O6S/c1-6-36(5)45(41,42)35-26-10-8-24(32)27(23(26)18-33)43-21-7-9-25-22(15-21)28(39)38(19-34-25)20-16-31(17-20)11-13-37(14-12-31)29(40)44-30(2,3)4/h7-10,15,19-20,35H,6,11-14,16-17H2,1-5H3. The van der Waals surface area contributed by atoms with Crippen LogP contribution in [-0.4, -0.2) is 65.6 Å². The molecule has 1 aromatic heterocycles. The molecule has 1 saturated heterocycles. The Morgan fingerprint density at radius 3 is 2.53 bits per heavy atom. The largest absolute Gasteiger partial charge is 0.453 e. The highest BCUT2D eigenvalue weighted by Gasteiger charge is 2.47. The minimum atomic E-state index is -3.99. The molecule has 0 unspecified atom stereocenters. The first-order valence-electron chi connectivity index (χ1n) is 14.8. The minimum Gasteiger partial charge on any atom is -0.453 e. The van der Waals surface area contributed by atoms with E-state index in [0.717, 1.165) is 42.1 Å². The van der Waals surface area contributed by atoms with Gasteiger partial charge in [-0.3, -0.25) is 14.1 Å². The monoisotopic (exact) mass is 640 g/mol. The van der Waals surface area contributed by atoms with Crippen molar-refractivity contribution in [2.24, 2.45) is 5.41 Å². The molecule has 1 spiro atoms. The van der Waals surface area contributed by atoms with Gasteiger partial charge < -0.3 is 14.4 Å². The number of nitriles is 1. The molecule has 1 N–H and O–H groups in total. The molecule has 0 atom stereocenters. The zero-order valence-electron chi connectivity index (χ0n) is 26.0. The molecule has 1 aliphatic carbocycles. The SMILES string of the molecule is CCN(C)S(=O)(=O)Nc1ccc(F)c(Oc2ccc3ncn(C4CC5(CCN(C(=O)OC(C)(C)C)CC5)C4)c(=O)c3c2)c1C#N. The highest BCUT2D eigenvalue weighted by Crippen LogP contribution is 2.54. The highest BCUT2D eigenvalue weighted by atomic mass is 32.2. The Morgan fingerprint density at radius 1 is 1.22 bits per heavy atom. The number of rotatable bonds is 7. The number of benzene rings is 2.